The van der Waals surface area contributed by atoms with E-state index in [9.17, 15) is 19.7 Å². The summed E-state index contributed by atoms with van der Waals surface area (Å²) < 4.78 is 10.5. The van der Waals surface area contributed by atoms with E-state index in [0.29, 0.717) is 23.5 Å². The van der Waals surface area contributed by atoms with E-state index in [0.717, 1.165) is 18.9 Å². The number of rotatable bonds is 10. The van der Waals surface area contributed by atoms with Gasteiger partial charge >= 0.3 is 5.69 Å². The smallest absolute Gasteiger partial charge is 0.311 e. The summed E-state index contributed by atoms with van der Waals surface area (Å²) in [7, 11) is 1.47. The van der Waals surface area contributed by atoms with E-state index >= 15 is 0 Å². The number of benzene rings is 2. The summed E-state index contributed by atoms with van der Waals surface area (Å²) in [5.41, 5.74) is 0.767. The Morgan fingerprint density at radius 2 is 1.85 bits per heavy atom. The number of unbranched alkanes of at least 4 members (excludes halogenated alkanes) is 1. The number of nitro groups is 1. The molecule has 33 heavy (non-hydrogen) atoms. The van der Waals surface area contributed by atoms with Gasteiger partial charge in [-0.05, 0) is 49.8 Å². The molecule has 2 amide bonds. The van der Waals surface area contributed by atoms with Crippen molar-refractivity contribution in [1.29, 1.82) is 0 Å². The molecule has 2 aromatic carbocycles. The number of carbonyl (C=O) groups is 2. The zero-order chi connectivity index (χ0) is 24.4. The van der Waals surface area contributed by atoms with Gasteiger partial charge in [0.15, 0.2) is 10.9 Å². The van der Waals surface area contributed by atoms with Gasteiger partial charge in [-0.3, -0.25) is 25.0 Å². The molecule has 0 spiro atoms. The van der Waals surface area contributed by atoms with Gasteiger partial charge in [0.05, 0.1) is 24.3 Å². The molecule has 0 unspecified atom stereocenters. The van der Waals surface area contributed by atoms with Crippen molar-refractivity contribution in [3.05, 3.63) is 52.1 Å². The highest BCUT2D eigenvalue weighted by Gasteiger charge is 2.19. The van der Waals surface area contributed by atoms with Gasteiger partial charge in [0.2, 0.25) is 5.91 Å². The average molecular weight is 475 g/mol. The van der Waals surface area contributed by atoms with Crippen LogP contribution in [-0.2, 0) is 4.79 Å². The fraction of sp³-hybridized carbons (Fsp3) is 0.318. The predicted octanol–water partition coefficient (Wildman–Crippen LogP) is 4.26. The van der Waals surface area contributed by atoms with Crippen LogP contribution in [0, 0.1) is 10.1 Å². The van der Waals surface area contributed by atoms with Gasteiger partial charge in [-0.1, -0.05) is 13.3 Å². The van der Waals surface area contributed by atoms with Crippen LogP contribution in [0.2, 0.25) is 0 Å². The van der Waals surface area contributed by atoms with Crippen LogP contribution in [0.1, 0.15) is 43.5 Å². The maximum atomic E-state index is 12.5. The molecule has 0 atom stereocenters. The molecule has 0 heterocycles. The number of methoxy groups -OCH3 is 1. The van der Waals surface area contributed by atoms with Crippen LogP contribution >= 0.6 is 12.2 Å². The summed E-state index contributed by atoms with van der Waals surface area (Å²) >= 11 is 5.18. The summed E-state index contributed by atoms with van der Waals surface area (Å²) in [5, 5.41) is 19.4. The highest BCUT2D eigenvalue weighted by Crippen LogP contribution is 2.29. The Morgan fingerprint density at radius 3 is 2.48 bits per heavy atom. The van der Waals surface area contributed by atoms with Crippen LogP contribution in [-0.4, -0.2) is 35.6 Å². The second-order valence-corrected chi connectivity index (χ2v) is 7.26. The Kier molecular flexibility index (Phi) is 9.55. The van der Waals surface area contributed by atoms with E-state index in [1.807, 2.05) is 6.92 Å². The minimum Gasteiger partial charge on any atom is -0.494 e. The zero-order valence-corrected chi connectivity index (χ0v) is 19.4. The molecule has 0 saturated carbocycles. The van der Waals surface area contributed by atoms with Gasteiger partial charge < -0.3 is 20.1 Å². The quantitative estimate of drug-likeness (QED) is 0.264. The van der Waals surface area contributed by atoms with Gasteiger partial charge in [0, 0.05) is 29.8 Å². The second kappa shape index (κ2) is 12.3. The van der Waals surface area contributed by atoms with E-state index in [2.05, 4.69) is 16.0 Å². The number of nitrogens with zero attached hydrogens (tertiary/aromatic N) is 1. The number of carbonyl (C=O) groups excluding carboxylic acids is 2. The fourth-order valence-corrected chi connectivity index (χ4v) is 3.05. The molecule has 0 fully saturated rings. The summed E-state index contributed by atoms with van der Waals surface area (Å²) in [6.45, 7) is 3.97. The molecule has 2 rings (SSSR count). The first-order valence-electron chi connectivity index (χ1n) is 10.3. The number of nitro benzene ring substituents is 1. The van der Waals surface area contributed by atoms with Gasteiger partial charge in [-0.2, -0.15) is 0 Å². The second-order valence-electron chi connectivity index (χ2n) is 6.85. The third-order valence-corrected chi connectivity index (χ3v) is 4.64. The molecule has 0 aliphatic rings. The average Bonchev–Trinajstić information content (AvgIpc) is 2.78. The van der Waals surface area contributed by atoms with E-state index in [1.165, 1.54) is 19.2 Å². The lowest BCUT2D eigenvalue weighted by atomic mass is 10.1. The third kappa shape index (κ3) is 7.42. The van der Waals surface area contributed by atoms with Crippen molar-refractivity contribution in [3.8, 4) is 11.5 Å². The summed E-state index contributed by atoms with van der Waals surface area (Å²) in [5.74, 6) is -0.233. The lowest BCUT2D eigenvalue weighted by molar-refractivity contribution is -0.385. The van der Waals surface area contributed by atoms with Gasteiger partial charge in [0.1, 0.15) is 5.75 Å². The SMILES string of the molecule is CCCCC(=O)Nc1ccc(NC(=S)NC(=O)c2ccc(OCC)c([N+](=O)[O-])c2)cc1OC. The Morgan fingerprint density at radius 1 is 1.09 bits per heavy atom. The zero-order valence-electron chi connectivity index (χ0n) is 18.6. The summed E-state index contributed by atoms with van der Waals surface area (Å²) in [6.07, 6.45) is 2.12. The van der Waals surface area contributed by atoms with Crippen LogP contribution in [0.15, 0.2) is 36.4 Å². The van der Waals surface area contributed by atoms with Crippen LogP contribution in [0.3, 0.4) is 0 Å². The van der Waals surface area contributed by atoms with Crippen LogP contribution in [0.4, 0.5) is 17.1 Å². The van der Waals surface area contributed by atoms with E-state index in [1.54, 1.807) is 25.1 Å². The van der Waals surface area contributed by atoms with Crippen molar-refractivity contribution in [2.24, 2.45) is 0 Å². The molecule has 0 bridgehead atoms. The molecule has 0 saturated heterocycles. The van der Waals surface area contributed by atoms with Crippen LogP contribution in [0.5, 0.6) is 11.5 Å². The Hall–Kier alpha value is -3.73. The molecule has 0 aliphatic carbocycles. The number of thiocarbonyl (C=S) groups is 1. The van der Waals surface area contributed by atoms with Gasteiger partial charge in [-0.15, -0.1) is 0 Å². The molecule has 3 N–H and O–H groups in total. The van der Waals surface area contributed by atoms with Crippen molar-refractivity contribution >= 4 is 46.2 Å². The molecular formula is C22H26N4O6S. The first kappa shape index (κ1) is 25.5. The first-order valence-corrected chi connectivity index (χ1v) is 10.7. The topological polar surface area (TPSA) is 132 Å². The van der Waals surface area contributed by atoms with Crippen molar-refractivity contribution < 1.29 is 24.0 Å². The van der Waals surface area contributed by atoms with Crippen LogP contribution in [0.25, 0.3) is 0 Å². The summed E-state index contributed by atoms with van der Waals surface area (Å²) in [4.78, 5) is 35.1. The number of hydrogen-bond donors (Lipinski definition) is 3. The lowest BCUT2D eigenvalue weighted by Crippen LogP contribution is -2.34. The monoisotopic (exact) mass is 474 g/mol. The number of nitrogens with one attached hydrogen (secondary N) is 3. The molecule has 0 aliphatic heterocycles. The van der Waals surface area contributed by atoms with Crippen molar-refractivity contribution in [2.45, 2.75) is 33.1 Å². The standard InChI is InChI=1S/C22H26N4O6S/c1-4-6-7-20(27)24-16-10-9-15(13-19(16)31-3)23-22(33)25-21(28)14-8-11-18(32-5-2)17(12-14)26(29)30/h8-13H,4-7H2,1-3H3,(H,24,27)(H2,23,25,28,33). The largest absolute Gasteiger partial charge is 0.494 e. The normalized spacial score (nSPS) is 10.2. The number of hydrogen-bond acceptors (Lipinski definition) is 7. The molecule has 10 nitrogen and oxygen atoms in total. The van der Waals surface area contributed by atoms with Crippen molar-refractivity contribution in [3.63, 3.8) is 0 Å². The predicted molar refractivity (Wildman–Crippen MR) is 129 cm³/mol. The maximum Gasteiger partial charge on any atom is 0.311 e. The fourth-order valence-electron chi connectivity index (χ4n) is 2.84. The maximum absolute atomic E-state index is 12.5. The third-order valence-electron chi connectivity index (χ3n) is 4.44. The van der Waals surface area contributed by atoms with Gasteiger partial charge in [0.25, 0.3) is 5.91 Å². The lowest BCUT2D eigenvalue weighted by Gasteiger charge is -2.14. The number of anilines is 2. The number of amides is 2. The van der Waals surface area contributed by atoms with E-state index in [4.69, 9.17) is 21.7 Å². The molecular weight excluding hydrogens is 448 g/mol. The van der Waals surface area contributed by atoms with E-state index in [-0.39, 0.29) is 34.6 Å². The minimum absolute atomic E-state index is 0.0154. The van der Waals surface area contributed by atoms with Gasteiger partial charge in [-0.25, -0.2) is 0 Å². The first-order chi connectivity index (χ1) is 15.8. The molecule has 11 heteroatoms. The van der Waals surface area contributed by atoms with Crippen molar-refractivity contribution in [1.82, 2.24) is 5.32 Å². The Labute approximate surface area is 196 Å². The number of ether oxygens (including phenoxy) is 2. The van der Waals surface area contributed by atoms with E-state index < -0.39 is 10.8 Å². The molecule has 0 radical (unpaired) electrons. The molecule has 176 valence electrons. The summed E-state index contributed by atoms with van der Waals surface area (Å²) in [6, 6.07) is 8.85. The van der Waals surface area contributed by atoms with Crippen molar-refractivity contribution in [2.75, 3.05) is 24.4 Å². The highest BCUT2D eigenvalue weighted by atomic mass is 32.1. The molecule has 0 aromatic heterocycles. The molecule has 2 aromatic rings. The van der Waals surface area contributed by atoms with Crippen LogP contribution < -0.4 is 25.4 Å². The Bertz CT molecular complexity index is 1040. The minimum atomic E-state index is -0.620. The highest BCUT2D eigenvalue weighted by molar-refractivity contribution is 7.80. The Balaban J connectivity index is 2.06.